The molecule has 2 aromatic rings. The molecule has 0 spiro atoms. The van der Waals surface area contributed by atoms with Crippen LogP contribution >= 0.6 is 0 Å². The van der Waals surface area contributed by atoms with Crippen LogP contribution in [-0.2, 0) is 0 Å². The van der Waals surface area contributed by atoms with E-state index in [1.165, 1.54) is 12.6 Å². The van der Waals surface area contributed by atoms with Crippen LogP contribution in [-0.4, -0.2) is 33.3 Å². The van der Waals surface area contributed by atoms with Gasteiger partial charge in [-0.25, -0.2) is 4.79 Å². The van der Waals surface area contributed by atoms with Gasteiger partial charge in [0.1, 0.15) is 5.69 Å². The van der Waals surface area contributed by atoms with Gasteiger partial charge in [-0.05, 0) is 37.2 Å². The summed E-state index contributed by atoms with van der Waals surface area (Å²) in [5.41, 5.74) is 1.90. The number of piperidine rings is 1. The fourth-order valence-corrected chi connectivity index (χ4v) is 3.44. The normalized spacial score (nSPS) is 20.9. The number of anilines is 1. The molecular formula is C18H25N5O2. The van der Waals surface area contributed by atoms with Crippen molar-refractivity contribution in [2.24, 2.45) is 11.3 Å². The van der Waals surface area contributed by atoms with Crippen LogP contribution < -0.4 is 16.1 Å². The molecule has 2 aromatic heterocycles. The average Bonchev–Trinajstić information content (AvgIpc) is 2.55. The zero-order chi connectivity index (χ0) is 18.2. The summed E-state index contributed by atoms with van der Waals surface area (Å²) in [7, 11) is 0. The highest BCUT2D eigenvalue weighted by molar-refractivity contribution is 5.64. The van der Waals surface area contributed by atoms with Crippen molar-refractivity contribution < 1.29 is 0 Å². The third-order valence-corrected chi connectivity index (χ3v) is 5.51. The number of aromatic amines is 2. The molecule has 3 heterocycles. The third-order valence-electron chi connectivity index (χ3n) is 5.51. The van der Waals surface area contributed by atoms with Crippen LogP contribution in [0.3, 0.4) is 0 Å². The summed E-state index contributed by atoms with van der Waals surface area (Å²) in [5, 5.41) is 8.40. The first-order chi connectivity index (χ1) is 11.8. The Hall–Kier alpha value is -2.44. The standard InChI is InChI=1S/C18H25N5O2/c1-11(2)18(4)6-5-7-23(10-18)15-8-14(22-21-12(15)3)13-9-19-17(25)20-16(13)24/h8-9,11H,5-7,10H2,1-4H3,(H2,19,20,24,25). The molecular weight excluding hydrogens is 318 g/mol. The molecule has 134 valence electrons. The fraction of sp³-hybridized carbons (Fsp3) is 0.556. The molecule has 1 atom stereocenters. The van der Waals surface area contributed by atoms with E-state index in [0.29, 0.717) is 17.2 Å². The van der Waals surface area contributed by atoms with Crippen LogP contribution in [0.25, 0.3) is 11.3 Å². The zero-order valence-corrected chi connectivity index (χ0v) is 15.2. The molecule has 0 aromatic carbocycles. The van der Waals surface area contributed by atoms with Gasteiger partial charge in [0.25, 0.3) is 5.56 Å². The van der Waals surface area contributed by atoms with Crippen molar-refractivity contribution in [3.63, 3.8) is 0 Å². The highest BCUT2D eigenvalue weighted by Gasteiger charge is 2.34. The summed E-state index contributed by atoms with van der Waals surface area (Å²) >= 11 is 0. The molecule has 0 aliphatic carbocycles. The highest BCUT2D eigenvalue weighted by Crippen LogP contribution is 2.39. The topological polar surface area (TPSA) is 94.7 Å². The van der Waals surface area contributed by atoms with Gasteiger partial charge in [0.05, 0.1) is 16.9 Å². The third kappa shape index (κ3) is 3.36. The van der Waals surface area contributed by atoms with E-state index in [4.69, 9.17) is 0 Å². The van der Waals surface area contributed by atoms with Crippen molar-refractivity contribution in [3.05, 3.63) is 38.8 Å². The predicted octanol–water partition coefficient (Wildman–Crippen LogP) is 2.09. The fourth-order valence-electron chi connectivity index (χ4n) is 3.44. The van der Waals surface area contributed by atoms with E-state index < -0.39 is 11.2 Å². The molecule has 7 nitrogen and oxygen atoms in total. The number of aryl methyl sites for hydroxylation is 1. The second-order valence-electron chi connectivity index (χ2n) is 7.52. The van der Waals surface area contributed by atoms with Gasteiger partial charge >= 0.3 is 5.69 Å². The molecule has 1 saturated heterocycles. The Morgan fingerprint density at radius 2 is 2.04 bits per heavy atom. The van der Waals surface area contributed by atoms with Gasteiger partial charge in [-0.1, -0.05) is 20.8 Å². The number of hydrogen-bond acceptors (Lipinski definition) is 5. The van der Waals surface area contributed by atoms with Gasteiger partial charge in [0.2, 0.25) is 0 Å². The Morgan fingerprint density at radius 3 is 2.72 bits per heavy atom. The summed E-state index contributed by atoms with van der Waals surface area (Å²) in [6, 6.07) is 1.90. The molecule has 0 bridgehead atoms. The van der Waals surface area contributed by atoms with E-state index >= 15 is 0 Å². The summed E-state index contributed by atoms with van der Waals surface area (Å²) < 4.78 is 0. The first-order valence-electron chi connectivity index (χ1n) is 8.72. The minimum Gasteiger partial charge on any atom is -0.369 e. The first-order valence-corrected chi connectivity index (χ1v) is 8.72. The number of H-pyrrole nitrogens is 2. The maximum Gasteiger partial charge on any atom is 0.325 e. The molecule has 1 unspecified atom stereocenters. The number of nitrogens with zero attached hydrogens (tertiary/aromatic N) is 3. The lowest BCUT2D eigenvalue weighted by molar-refractivity contribution is 0.178. The van der Waals surface area contributed by atoms with Crippen molar-refractivity contribution in [2.45, 2.75) is 40.5 Å². The van der Waals surface area contributed by atoms with Crippen LogP contribution in [0.15, 0.2) is 21.9 Å². The van der Waals surface area contributed by atoms with Crippen LogP contribution in [0, 0.1) is 18.3 Å². The van der Waals surface area contributed by atoms with Gasteiger partial charge in [-0.3, -0.25) is 9.78 Å². The maximum atomic E-state index is 12.0. The molecule has 1 aliphatic rings. The van der Waals surface area contributed by atoms with Gasteiger partial charge in [-0.2, -0.15) is 5.10 Å². The molecule has 7 heteroatoms. The second kappa shape index (κ2) is 6.46. The lowest BCUT2D eigenvalue weighted by atomic mass is 9.73. The molecule has 3 rings (SSSR count). The van der Waals surface area contributed by atoms with Crippen molar-refractivity contribution in [1.82, 2.24) is 20.2 Å². The van der Waals surface area contributed by atoms with Crippen LogP contribution in [0.2, 0.25) is 0 Å². The van der Waals surface area contributed by atoms with Gasteiger partial charge in [0.15, 0.2) is 0 Å². The molecule has 0 amide bonds. The SMILES string of the molecule is Cc1nnc(-c2c[nH]c(=O)[nH]c2=O)cc1N1CCCC(C)(C(C)C)C1. The van der Waals surface area contributed by atoms with Crippen molar-refractivity contribution >= 4 is 5.69 Å². The highest BCUT2D eigenvalue weighted by atomic mass is 16.2. The number of rotatable bonds is 3. The summed E-state index contributed by atoms with van der Waals surface area (Å²) in [6.07, 6.45) is 3.73. The smallest absolute Gasteiger partial charge is 0.325 e. The van der Waals surface area contributed by atoms with E-state index in [9.17, 15) is 9.59 Å². The van der Waals surface area contributed by atoms with Gasteiger partial charge in [0, 0.05) is 19.3 Å². The second-order valence-corrected chi connectivity index (χ2v) is 7.52. The van der Waals surface area contributed by atoms with Crippen LogP contribution in [0.1, 0.15) is 39.3 Å². The summed E-state index contributed by atoms with van der Waals surface area (Å²) in [4.78, 5) is 30.3. The summed E-state index contributed by atoms with van der Waals surface area (Å²) in [5.74, 6) is 0.590. The summed E-state index contributed by atoms with van der Waals surface area (Å²) in [6.45, 7) is 10.7. The lowest BCUT2D eigenvalue weighted by Gasteiger charge is -2.44. The van der Waals surface area contributed by atoms with E-state index in [1.54, 1.807) is 0 Å². The minimum absolute atomic E-state index is 0.254. The quantitative estimate of drug-likeness (QED) is 0.890. The monoisotopic (exact) mass is 343 g/mol. The van der Waals surface area contributed by atoms with E-state index in [0.717, 1.165) is 30.9 Å². The Bertz CT molecular complexity index is 886. The Balaban J connectivity index is 2.00. The van der Waals surface area contributed by atoms with Crippen LogP contribution in [0.4, 0.5) is 5.69 Å². The van der Waals surface area contributed by atoms with Crippen LogP contribution in [0.5, 0.6) is 0 Å². The number of hydrogen-bond donors (Lipinski definition) is 2. The Labute approximate surface area is 146 Å². The molecule has 1 aliphatic heterocycles. The number of aromatic nitrogens is 4. The van der Waals surface area contributed by atoms with Crippen molar-refractivity contribution in [1.29, 1.82) is 0 Å². The minimum atomic E-state index is -0.530. The molecule has 0 saturated carbocycles. The van der Waals surface area contributed by atoms with E-state index in [-0.39, 0.29) is 5.41 Å². The Morgan fingerprint density at radius 1 is 1.28 bits per heavy atom. The lowest BCUT2D eigenvalue weighted by Crippen LogP contribution is -2.44. The zero-order valence-electron chi connectivity index (χ0n) is 15.2. The predicted molar refractivity (Wildman–Crippen MR) is 97.8 cm³/mol. The molecule has 0 radical (unpaired) electrons. The van der Waals surface area contributed by atoms with Gasteiger partial charge < -0.3 is 9.88 Å². The number of nitrogens with one attached hydrogen (secondary N) is 2. The first kappa shape index (κ1) is 17.4. The van der Waals surface area contributed by atoms with E-state index in [2.05, 4.69) is 45.8 Å². The van der Waals surface area contributed by atoms with E-state index in [1.807, 2.05) is 13.0 Å². The van der Waals surface area contributed by atoms with Crippen molar-refractivity contribution in [3.8, 4) is 11.3 Å². The Kier molecular flexibility index (Phi) is 4.49. The molecule has 2 N–H and O–H groups in total. The maximum absolute atomic E-state index is 12.0. The molecule has 1 fully saturated rings. The average molecular weight is 343 g/mol. The van der Waals surface area contributed by atoms with Crippen molar-refractivity contribution in [2.75, 3.05) is 18.0 Å². The molecule has 25 heavy (non-hydrogen) atoms. The largest absolute Gasteiger partial charge is 0.369 e. The van der Waals surface area contributed by atoms with Gasteiger partial charge in [-0.15, -0.1) is 5.10 Å².